The fourth-order valence-corrected chi connectivity index (χ4v) is 5.89. The maximum absolute atomic E-state index is 15.4. The lowest BCUT2D eigenvalue weighted by Crippen LogP contribution is -2.29. The Labute approximate surface area is 260 Å². The molecule has 0 amide bonds. The summed E-state index contributed by atoms with van der Waals surface area (Å²) in [6.45, 7) is 4.69. The fraction of sp³-hybridized carbons (Fsp3) is 0.324. The van der Waals surface area contributed by atoms with Gasteiger partial charge in [0.25, 0.3) is 0 Å². The summed E-state index contributed by atoms with van der Waals surface area (Å²) in [4.78, 5) is 6.89. The molecule has 44 heavy (non-hydrogen) atoms. The molecule has 0 spiro atoms. The van der Waals surface area contributed by atoms with Gasteiger partial charge in [-0.3, -0.25) is 0 Å². The molecule has 1 fully saturated rings. The summed E-state index contributed by atoms with van der Waals surface area (Å²) < 4.78 is 43.8. The van der Waals surface area contributed by atoms with Gasteiger partial charge in [0.05, 0.1) is 24.8 Å². The molecule has 1 N–H and O–H groups in total. The molecule has 0 bridgehead atoms. The third kappa shape index (κ3) is 6.32. The molecule has 6 rings (SSSR count). The number of ether oxygens (including phenoxy) is 5. The number of hydrogen-bond acceptors (Lipinski definition) is 8. The summed E-state index contributed by atoms with van der Waals surface area (Å²) in [6.07, 6.45) is -0.0552. The Morgan fingerprint density at radius 2 is 1.52 bits per heavy atom. The highest BCUT2D eigenvalue weighted by Gasteiger charge is 2.49. The van der Waals surface area contributed by atoms with Gasteiger partial charge in [-0.15, -0.1) is 0 Å². The van der Waals surface area contributed by atoms with Gasteiger partial charge >= 0.3 is 0 Å². The van der Waals surface area contributed by atoms with Crippen molar-refractivity contribution < 1.29 is 33.2 Å². The molecule has 4 aromatic rings. The van der Waals surface area contributed by atoms with Crippen molar-refractivity contribution >= 4 is 28.3 Å². The Bertz CT molecular complexity index is 1630. The number of fused-ring (bicyclic) bond motifs is 2. The molecule has 2 heterocycles. The molecule has 3 atom stereocenters. The van der Waals surface area contributed by atoms with Crippen LogP contribution in [-0.2, 0) is 22.6 Å². The Morgan fingerprint density at radius 3 is 2.11 bits per heavy atom. The van der Waals surface area contributed by atoms with Crippen molar-refractivity contribution in [2.45, 2.75) is 51.0 Å². The van der Waals surface area contributed by atoms with Crippen LogP contribution in [0.1, 0.15) is 25.0 Å². The second kappa shape index (κ2) is 12.2. The highest BCUT2D eigenvalue weighted by Crippen LogP contribution is 2.39. The van der Waals surface area contributed by atoms with Gasteiger partial charge in [0.1, 0.15) is 53.8 Å². The van der Waals surface area contributed by atoms with Crippen LogP contribution in [-0.4, -0.2) is 55.0 Å². The molecule has 0 radical (unpaired) electrons. The number of methoxy groups -OCH3 is 2. The first-order valence-corrected chi connectivity index (χ1v) is 14.7. The van der Waals surface area contributed by atoms with Crippen LogP contribution in [0.4, 0.5) is 10.2 Å². The highest BCUT2D eigenvalue weighted by molar-refractivity contribution is 6.33. The Balaban J connectivity index is 1.29. The Morgan fingerprint density at radius 1 is 0.909 bits per heavy atom. The van der Waals surface area contributed by atoms with Gasteiger partial charge in [-0.1, -0.05) is 35.9 Å². The maximum atomic E-state index is 15.4. The molecule has 1 aliphatic carbocycles. The van der Waals surface area contributed by atoms with Crippen LogP contribution < -0.4 is 19.1 Å². The third-order valence-corrected chi connectivity index (χ3v) is 8.06. The average molecular weight is 621 g/mol. The minimum absolute atomic E-state index is 0.101. The lowest BCUT2D eigenvalue weighted by Gasteiger charge is -2.26. The molecular weight excluding hydrogens is 587 g/mol. The predicted molar refractivity (Wildman–Crippen MR) is 166 cm³/mol. The Kier molecular flexibility index (Phi) is 8.39. The lowest BCUT2D eigenvalue weighted by molar-refractivity contribution is -0.153. The summed E-state index contributed by atoms with van der Waals surface area (Å²) in [5.74, 6) is 1.00. The zero-order valence-electron chi connectivity index (χ0n) is 24.9. The summed E-state index contributed by atoms with van der Waals surface area (Å²) in [7, 11) is 3.26. The molecule has 8 nitrogen and oxygen atoms in total. The largest absolute Gasteiger partial charge is 0.497 e. The van der Waals surface area contributed by atoms with E-state index in [0.717, 1.165) is 28.2 Å². The van der Waals surface area contributed by atoms with Gasteiger partial charge in [0, 0.05) is 30.6 Å². The standard InChI is InChI=1S/C34H34ClFN2O6/c1-34(2)43-31-22(13-30(39)32(31)44-34)19-42-25-14-28(36)26-16-27(35)33(37-29(26)15-25)38(17-20-5-9-23(40-3)10-6-20)18-21-7-11-24(41-4)12-8-21/h5-16,30-32,39H,17-19H2,1-4H3/t30-,31+,32-/m0/s1. The minimum Gasteiger partial charge on any atom is -0.497 e. The van der Waals surface area contributed by atoms with E-state index in [0.29, 0.717) is 35.2 Å². The van der Waals surface area contributed by atoms with Gasteiger partial charge < -0.3 is 33.7 Å². The number of aliphatic hydroxyl groups excluding tert-OH is 1. The van der Waals surface area contributed by atoms with Crippen molar-refractivity contribution in [2.75, 3.05) is 25.7 Å². The van der Waals surface area contributed by atoms with E-state index < -0.39 is 29.9 Å². The zero-order valence-corrected chi connectivity index (χ0v) is 25.7. The zero-order chi connectivity index (χ0) is 31.0. The molecule has 10 heteroatoms. The number of benzene rings is 3. The summed E-state index contributed by atoms with van der Waals surface area (Å²) in [6, 6.07) is 20.2. The van der Waals surface area contributed by atoms with Gasteiger partial charge in [0.2, 0.25) is 0 Å². The van der Waals surface area contributed by atoms with E-state index in [4.69, 9.17) is 40.3 Å². The first-order valence-electron chi connectivity index (χ1n) is 14.3. The lowest BCUT2D eigenvalue weighted by atomic mass is 10.1. The second-order valence-corrected chi connectivity index (χ2v) is 11.8. The summed E-state index contributed by atoms with van der Waals surface area (Å²) in [5, 5.41) is 11.0. The maximum Gasteiger partial charge on any atom is 0.164 e. The van der Waals surface area contributed by atoms with Crippen LogP contribution in [0.5, 0.6) is 17.2 Å². The van der Waals surface area contributed by atoms with Crippen molar-refractivity contribution in [1.82, 2.24) is 4.98 Å². The van der Waals surface area contributed by atoms with Crippen LogP contribution in [0.3, 0.4) is 0 Å². The topological polar surface area (TPSA) is 82.5 Å². The first-order chi connectivity index (χ1) is 21.1. The van der Waals surface area contributed by atoms with Crippen LogP contribution in [0.25, 0.3) is 10.9 Å². The van der Waals surface area contributed by atoms with Gasteiger partial charge in [-0.25, -0.2) is 9.37 Å². The fourth-order valence-electron chi connectivity index (χ4n) is 5.62. The summed E-state index contributed by atoms with van der Waals surface area (Å²) in [5.41, 5.74) is 3.18. The average Bonchev–Trinajstić information content (AvgIpc) is 3.48. The number of nitrogens with zero attached hydrogens (tertiary/aromatic N) is 2. The number of aromatic nitrogens is 1. The smallest absolute Gasteiger partial charge is 0.164 e. The molecule has 1 saturated heterocycles. The number of rotatable bonds is 10. The SMILES string of the molecule is COc1ccc(CN(Cc2ccc(OC)cc2)c2nc3cc(OCC4=C[C@H](O)[C@@H]5OC(C)(C)O[C@H]45)cc(F)c3cc2Cl)cc1. The van der Waals surface area contributed by atoms with Gasteiger partial charge in [-0.2, -0.15) is 0 Å². The second-order valence-electron chi connectivity index (χ2n) is 11.4. The molecule has 1 aromatic heterocycles. The van der Waals surface area contributed by atoms with E-state index in [2.05, 4.69) is 0 Å². The molecular formula is C34H34ClFN2O6. The van der Waals surface area contributed by atoms with E-state index in [1.807, 2.05) is 53.4 Å². The van der Waals surface area contributed by atoms with Crippen LogP contribution >= 0.6 is 11.6 Å². The van der Waals surface area contributed by atoms with Crippen molar-refractivity contribution in [1.29, 1.82) is 0 Å². The van der Waals surface area contributed by atoms with Crippen molar-refractivity contribution in [2.24, 2.45) is 0 Å². The Hall–Kier alpha value is -3.89. The van der Waals surface area contributed by atoms with Crippen LogP contribution in [0.2, 0.25) is 5.02 Å². The van der Waals surface area contributed by atoms with E-state index in [1.165, 1.54) is 6.07 Å². The number of halogens is 2. The highest BCUT2D eigenvalue weighted by atomic mass is 35.5. The number of anilines is 1. The van der Waals surface area contributed by atoms with E-state index in [1.54, 1.807) is 46.3 Å². The number of aliphatic hydroxyl groups is 1. The third-order valence-electron chi connectivity index (χ3n) is 7.78. The van der Waals surface area contributed by atoms with Gasteiger partial charge in [0.15, 0.2) is 5.79 Å². The van der Waals surface area contributed by atoms with Crippen molar-refractivity contribution in [3.05, 3.63) is 100 Å². The molecule has 0 unspecified atom stereocenters. The van der Waals surface area contributed by atoms with Crippen molar-refractivity contribution in [3.63, 3.8) is 0 Å². The van der Waals surface area contributed by atoms with E-state index in [9.17, 15) is 5.11 Å². The first kappa shape index (κ1) is 30.1. The molecule has 0 saturated carbocycles. The number of pyridine rings is 1. The van der Waals surface area contributed by atoms with Gasteiger partial charge in [-0.05, 0) is 67.0 Å². The van der Waals surface area contributed by atoms with Crippen LogP contribution in [0, 0.1) is 5.82 Å². The van der Waals surface area contributed by atoms with Crippen molar-refractivity contribution in [3.8, 4) is 17.2 Å². The predicted octanol–water partition coefficient (Wildman–Crippen LogP) is 6.45. The van der Waals surface area contributed by atoms with E-state index in [-0.39, 0.29) is 12.0 Å². The monoisotopic (exact) mass is 620 g/mol. The normalized spacial score (nSPS) is 20.3. The quantitative estimate of drug-likeness (QED) is 0.203. The molecule has 230 valence electrons. The number of hydrogen-bond donors (Lipinski definition) is 1. The molecule has 1 aliphatic heterocycles. The molecule has 3 aromatic carbocycles. The summed E-state index contributed by atoms with van der Waals surface area (Å²) >= 11 is 6.77. The van der Waals surface area contributed by atoms with Crippen LogP contribution in [0.15, 0.2) is 78.4 Å². The minimum atomic E-state index is -0.812. The van der Waals surface area contributed by atoms with E-state index >= 15 is 4.39 Å². The molecule has 2 aliphatic rings.